The van der Waals surface area contributed by atoms with Crippen LogP contribution in [0.25, 0.3) is 0 Å². The molecule has 0 heterocycles. The van der Waals surface area contributed by atoms with Crippen LogP contribution in [0.1, 0.15) is 31.4 Å². The van der Waals surface area contributed by atoms with E-state index in [1.807, 2.05) is 0 Å². The summed E-state index contributed by atoms with van der Waals surface area (Å²) in [6.45, 7) is 0.333. The lowest BCUT2D eigenvalue weighted by atomic mass is 10.1. The first-order chi connectivity index (χ1) is 8.78. The summed E-state index contributed by atoms with van der Waals surface area (Å²) in [6.07, 6.45) is -3.97. The molecule has 1 aliphatic carbocycles. The van der Waals surface area contributed by atoms with Crippen molar-refractivity contribution in [2.24, 2.45) is 0 Å². The zero-order valence-corrected chi connectivity index (χ0v) is 10.4. The first kappa shape index (κ1) is 14.1. The van der Waals surface area contributed by atoms with Gasteiger partial charge in [0.1, 0.15) is 12.4 Å². The molecule has 0 radical (unpaired) electrons. The molecule has 0 bridgehead atoms. The molecule has 0 aliphatic heterocycles. The van der Waals surface area contributed by atoms with Crippen LogP contribution in [0, 0.1) is 5.82 Å². The topological polar surface area (TPSA) is 23.5 Å². The Morgan fingerprint density at radius 1 is 1.37 bits per heavy atom. The van der Waals surface area contributed by atoms with Crippen molar-refractivity contribution >= 4 is 5.69 Å². The maximum absolute atomic E-state index is 13.2. The van der Waals surface area contributed by atoms with Crippen LogP contribution in [0.15, 0.2) is 18.2 Å². The van der Waals surface area contributed by atoms with E-state index in [0.29, 0.717) is 12.8 Å². The Morgan fingerprint density at radius 2 is 2.00 bits per heavy atom. The van der Waals surface area contributed by atoms with Gasteiger partial charge >= 0.3 is 6.18 Å². The van der Waals surface area contributed by atoms with Crippen LogP contribution in [0.3, 0.4) is 0 Å². The number of nitrogens with zero attached hydrogens (tertiary/aromatic N) is 1. The summed E-state index contributed by atoms with van der Waals surface area (Å²) in [5, 5.41) is 9.60. The average Bonchev–Trinajstić information content (AvgIpc) is 3.08. The fourth-order valence-electron chi connectivity index (χ4n) is 2.11. The highest BCUT2D eigenvalue weighted by molar-refractivity contribution is 5.56. The number of halogens is 4. The number of alkyl halides is 3. The molecule has 6 heteroatoms. The SMILES string of the molecule is C[C@@H](O)c1cc(F)ccc1N(CC(F)(F)F)C1CC1. The van der Waals surface area contributed by atoms with Gasteiger partial charge in [-0.05, 0) is 38.0 Å². The largest absolute Gasteiger partial charge is 0.405 e. The summed E-state index contributed by atoms with van der Waals surface area (Å²) in [7, 11) is 0. The van der Waals surface area contributed by atoms with E-state index in [9.17, 15) is 22.7 Å². The number of aliphatic hydroxyl groups is 1. The smallest absolute Gasteiger partial charge is 0.389 e. The molecule has 0 aromatic heterocycles. The predicted molar refractivity (Wildman–Crippen MR) is 63.5 cm³/mol. The number of rotatable bonds is 4. The van der Waals surface area contributed by atoms with E-state index in [2.05, 4.69) is 0 Å². The molecule has 1 saturated carbocycles. The maximum atomic E-state index is 13.2. The summed E-state index contributed by atoms with van der Waals surface area (Å²) < 4.78 is 51.0. The molecular weight excluding hydrogens is 262 g/mol. The normalized spacial score (nSPS) is 17.4. The van der Waals surface area contributed by atoms with E-state index < -0.39 is 24.6 Å². The lowest BCUT2D eigenvalue weighted by Crippen LogP contribution is -2.36. The fraction of sp³-hybridized carbons (Fsp3) is 0.538. The average molecular weight is 277 g/mol. The molecule has 1 atom stereocenters. The van der Waals surface area contributed by atoms with Crippen LogP contribution in [-0.4, -0.2) is 23.9 Å². The quantitative estimate of drug-likeness (QED) is 0.852. The summed E-state index contributed by atoms with van der Waals surface area (Å²) in [5.41, 5.74) is 0.451. The monoisotopic (exact) mass is 277 g/mol. The zero-order valence-electron chi connectivity index (χ0n) is 10.4. The van der Waals surface area contributed by atoms with Gasteiger partial charge in [-0.3, -0.25) is 0 Å². The van der Waals surface area contributed by atoms with E-state index in [1.165, 1.54) is 17.9 Å². The lowest BCUT2D eigenvalue weighted by molar-refractivity contribution is -0.120. The van der Waals surface area contributed by atoms with Gasteiger partial charge in [-0.15, -0.1) is 0 Å². The molecule has 1 aromatic carbocycles. The van der Waals surface area contributed by atoms with Crippen molar-refractivity contribution in [3.8, 4) is 0 Å². The van der Waals surface area contributed by atoms with Gasteiger partial charge in [0.15, 0.2) is 0 Å². The van der Waals surface area contributed by atoms with Crippen LogP contribution < -0.4 is 4.90 Å². The van der Waals surface area contributed by atoms with E-state index in [0.717, 1.165) is 12.1 Å². The van der Waals surface area contributed by atoms with Crippen LogP contribution in [0.2, 0.25) is 0 Å². The Labute approximate surface area is 108 Å². The Morgan fingerprint density at radius 3 is 2.47 bits per heavy atom. The Bertz CT molecular complexity index is 454. The highest BCUT2D eigenvalue weighted by Gasteiger charge is 2.39. The second-order valence-electron chi connectivity index (χ2n) is 4.85. The summed E-state index contributed by atoms with van der Waals surface area (Å²) in [6, 6.07) is 3.34. The van der Waals surface area contributed by atoms with Gasteiger partial charge in [0.2, 0.25) is 0 Å². The molecule has 1 N–H and O–H groups in total. The summed E-state index contributed by atoms with van der Waals surface area (Å²) >= 11 is 0. The van der Waals surface area contributed by atoms with Crippen LogP contribution >= 0.6 is 0 Å². The third-order valence-electron chi connectivity index (χ3n) is 3.09. The van der Waals surface area contributed by atoms with Crippen molar-refractivity contribution in [3.63, 3.8) is 0 Å². The van der Waals surface area contributed by atoms with E-state index >= 15 is 0 Å². The van der Waals surface area contributed by atoms with E-state index in [-0.39, 0.29) is 17.3 Å². The van der Waals surface area contributed by atoms with Crippen molar-refractivity contribution in [1.29, 1.82) is 0 Å². The standard InChI is InChI=1S/C13H15F4NO/c1-8(19)11-6-9(14)2-5-12(11)18(10-3-4-10)7-13(15,16)17/h2,5-6,8,10,19H,3-4,7H2,1H3/t8-/m1/s1. The second kappa shape index (κ2) is 5.00. The molecule has 2 nitrogen and oxygen atoms in total. The minimum Gasteiger partial charge on any atom is -0.389 e. The molecule has 106 valence electrons. The van der Waals surface area contributed by atoms with E-state index in [4.69, 9.17) is 0 Å². The zero-order chi connectivity index (χ0) is 14.2. The van der Waals surface area contributed by atoms with Crippen molar-refractivity contribution in [2.75, 3.05) is 11.4 Å². The first-order valence-corrected chi connectivity index (χ1v) is 6.09. The van der Waals surface area contributed by atoms with Gasteiger partial charge < -0.3 is 10.0 Å². The van der Waals surface area contributed by atoms with Crippen molar-refractivity contribution in [3.05, 3.63) is 29.6 Å². The second-order valence-corrected chi connectivity index (χ2v) is 4.85. The van der Waals surface area contributed by atoms with Gasteiger partial charge in [0.05, 0.1) is 6.10 Å². The molecule has 19 heavy (non-hydrogen) atoms. The molecular formula is C13H15F4NO. The van der Waals surface area contributed by atoms with Gasteiger partial charge in [-0.1, -0.05) is 0 Å². The number of hydrogen-bond acceptors (Lipinski definition) is 2. The number of anilines is 1. The van der Waals surface area contributed by atoms with Crippen LogP contribution in [-0.2, 0) is 0 Å². The molecule has 1 aromatic rings. The van der Waals surface area contributed by atoms with E-state index in [1.54, 1.807) is 0 Å². The van der Waals surface area contributed by atoms with Crippen molar-refractivity contribution < 1.29 is 22.7 Å². The Balaban J connectivity index is 2.36. The van der Waals surface area contributed by atoms with Gasteiger partial charge in [0, 0.05) is 17.3 Å². The third-order valence-corrected chi connectivity index (χ3v) is 3.09. The van der Waals surface area contributed by atoms with Crippen LogP contribution in [0.4, 0.5) is 23.2 Å². The molecule has 2 rings (SSSR count). The maximum Gasteiger partial charge on any atom is 0.405 e. The number of hydrogen-bond donors (Lipinski definition) is 1. The lowest BCUT2D eigenvalue weighted by Gasteiger charge is -2.28. The first-order valence-electron chi connectivity index (χ1n) is 6.09. The Kier molecular flexibility index (Phi) is 3.71. The Hall–Kier alpha value is -1.30. The minimum atomic E-state index is -4.33. The van der Waals surface area contributed by atoms with Gasteiger partial charge in [-0.25, -0.2) is 4.39 Å². The van der Waals surface area contributed by atoms with Crippen LogP contribution in [0.5, 0.6) is 0 Å². The summed E-state index contributed by atoms with van der Waals surface area (Å²) in [4.78, 5) is 1.21. The van der Waals surface area contributed by atoms with Gasteiger partial charge in [-0.2, -0.15) is 13.2 Å². The fourth-order valence-corrected chi connectivity index (χ4v) is 2.11. The molecule has 1 aliphatic rings. The highest BCUT2D eigenvalue weighted by atomic mass is 19.4. The molecule has 0 unspecified atom stereocenters. The molecule has 1 fully saturated rings. The predicted octanol–water partition coefficient (Wildman–Crippen LogP) is 3.41. The molecule has 0 spiro atoms. The number of aliphatic hydroxyl groups excluding tert-OH is 1. The number of benzene rings is 1. The van der Waals surface area contributed by atoms with Crippen molar-refractivity contribution in [1.82, 2.24) is 0 Å². The summed E-state index contributed by atoms with van der Waals surface area (Å²) in [5.74, 6) is -0.567. The highest BCUT2D eigenvalue weighted by Crippen LogP contribution is 2.37. The molecule has 0 saturated heterocycles. The van der Waals surface area contributed by atoms with Crippen molar-refractivity contribution in [2.45, 2.75) is 38.1 Å². The van der Waals surface area contributed by atoms with Gasteiger partial charge in [0.25, 0.3) is 0 Å². The molecule has 0 amide bonds. The minimum absolute atomic E-state index is 0.176. The third kappa shape index (κ3) is 3.59.